The van der Waals surface area contributed by atoms with Crippen molar-refractivity contribution in [3.63, 3.8) is 0 Å². The minimum atomic E-state index is -0.0350. The molecule has 1 aliphatic rings. The van der Waals surface area contributed by atoms with Crippen molar-refractivity contribution in [2.75, 3.05) is 38.3 Å². The molecule has 0 radical (unpaired) electrons. The first-order chi connectivity index (χ1) is 12.7. The number of carbonyl (C=O) groups excluding carboxylic acids is 1. The van der Waals surface area contributed by atoms with E-state index in [4.69, 9.17) is 4.74 Å². The fourth-order valence-electron chi connectivity index (χ4n) is 3.17. The highest BCUT2D eigenvalue weighted by atomic mass is 16.5. The fraction of sp³-hybridized carbons (Fsp3) is 0.316. The molecule has 1 fully saturated rings. The summed E-state index contributed by atoms with van der Waals surface area (Å²) in [5.41, 5.74) is 4.35. The highest BCUT2D eigenvalue weighted by molar-refractivity contribution is 5.97. The maximum atomic E-state index is 12.7. The average molecular weight is 351 g/mol. The molecule has 2 aromatic carbocycles. The number of carbonyl (C=O) groups is 1. The van der Waals surface area contributed by atoms with Gasteiger partial charge in [0.15, 0.2) is 0 Å². The highest BCUT2D eigenvalue weighted by Gasteiger charge is 2.15. The Balaban J connectivity index is 1.43. The molecule has 4 rings (SSSR count). The summed E-state index contributed by atoms with van der Waals surface area (Å²) in [6.45, 7) is 3.94. The maximum absolute atomic E-state index is 12.7. The van der Waals surface area contributed by atoms with Crippen molar-refractivity contribution in [3.8, 4) is 0 Å². The summed E-state index contributed by atoms with van der Waals surface area (Å²) in [5, 5.41) is 10.6. The maximum Gasteiger partial charge on any atom is 0.253 e. The number of ether oxygens (including phenoxy) is 1. The molecule has 0 spiro atoms. The molecular weight excluding hydrogens is 330 g/mol. The number of aromatic nitrogens is 3. The molecule has 26 heavy (non-hydrogen) atoms. The first-order valence-electron chi connectivity index (χ1n) is 8.68. The van der Waals surface area contributed by atoms with Gasteiger partial charge in [-0.25, -0.2) is 0 Å². The highest BCUT2D eigenvalue weighted by Crippen LogP contribution is 2.18. The van der Waals surface area contributed by atoms with Gasteiger partial charge in [0.1, 0.15) is 11.0 Å². The lowest BCUT2D eigenvalue weighted by Crippen LogP contribution is -2.36. The first-order valence-corrected chi connectivity index (χ1v) is 8.68. The van der Waals surface area contributed by atoms with Crippen molar-refractivity contribution >= 4 is 22.6 Å². The van der Waals surface area contributed by atoms with Crippen LogP contribution in [0.15, 0.2) is 42.5 Å². The van der Waals surface area contributed by atoms with E-state index in [9.17, 15) is 4.79 Å². The van der Waals surface area contributed by atoms with Crippen LogP contribution in [0.25, 0.3) is 11.0 Å². The molecule has 0 aliphatic carbocycles. The van der Waals surface area contributed by atoms with Gasteiger partial charge >= 0.3 is 0 Å². The van der Waals surface area contributed by atoms with Crippen LogP contribution < -0.4 is 4.90 Å². The van der Waals surface area contributed by atoms with Gasteiger partial charge in [0, 0.05) is 37.9 Å². The number of nitrogens with one attached hydrogen (secondary N) is 1. The van der Waals surface area contributed by atoms with Gasteiger partial charge in [0.05, 0.1) is 13.2 Å². The van der Waals surface area contributed by atoms with Crippen LogP contribution in [0.1, 0.15) is 15.9 Å². The van der Waals surface area contributed by atoms with Gasteiger partial charge in [-0.15, -0.1) is 0 Å². The lowest BCUT2D eigenvalue weighted by Gasteiger charge is -2.29. The molecule has 0 saturated carbocycles. The Morgan fingerprint density at radius 2 is 1.85 bits per heavy atom. The molecule has 1 saturated heterocycles. The third-order valence-corrected chi connectivity index (χ3v) is 4.64. The predicted octanol–water partition coefficient (Wildman–Crippen LogP) is 2.07. The van der Waals surface area contributed by atoms with Crippen molar-refractivity contribution in [1.29, 1.82) is 0 Å². The van der Waals surface area contributed by atoms with E-state index in [0.29, 0.717) is 17.6 Å². The third-order valence-electron chi connectivity index (χ3n) is 4.64. The Morgan fingerprint density at radius 3 is 2.62 bits per heavy atom. The standard InChI is InChI=1S/C19H21N5O2/c1-23(19(25)15-4-7-17-18(12-15)21-22-20-17)13-14-2-5-16(6-3-14)24-8-10-26-11-9-24/h2-7,12H,8-11,13H2,1H3,(H,20,21,22). The van der Waals surface area contributed by atoms with Gasteiger partial charge in [-0.1, -0.05) is 12.1 Å². The summed E-state index contributed by atoms with van der Waals surface area (Å²) >= 11 is 0. The Labute approximate surface area is 151 Å². The molecule has 1 aromatic heterocycles. The Bertz CT molecular complexity index is 900. The van der Waals surface area contributed by atoms with Crippen LogP contribution in [0.5, 0.6) is 0 Å². The number of rotatable bonds is 4. The van der Waals surface area contributed by atoms with Crippen LogP contribution >= 0.6 is 0 Å². The van der Waals surface area contributed by atoms with E-state index in [-0.39, 0.29) is 5.91 Å². The summed E-state index contributed by atoms with van der Waals surface area (Å²) in [6.07, 6.45) is 0. The van der Waals surface area contributed by atoms with Crippen LogP contribution in [0.4, 0.5) is 5.69 Å². The third kappa shape index (κ3) is 3.39. The zero-order valence-corrected chi connectivity index (χ0v) is 14.7. The second-order valence-corrected chi connectivity index (χ2v) is 6.45. The van der Waals surface area contributed by atoms with E-state index in [0.717, 1.165) is 37.4 Å². The molecule has 2 heterocycles. The van der Waals surface area contributed by atoms with Gasteiger partial charge in [-0.3, -0.25) is 4.79 Å². The van der Waals surface area contributed by atoms with Gasteiger partial charge in [0.2, 0.25) is 0 Å². The molecule has 0 atom stereocenters. The molecule has 3 aromatic rings. The second-order valence-electron chi connectivity index (χ2n) is 6.45. The number of benzene rings is 2. The summed E-state index contributed by atoms with van der Waals surface area (Å²) in [5.74, 6) is -0.0350. The zero-order valence-electron chi connectivity index (χ0n) is 14.7. The van der Waals surface area contributed by atoms with Gasteiger partial charge in [-0.05, 0) is 35.9 Å². The number of nitrogens with zero attached hydrogens (tertiary/aromatic N) is 4. The quantitative estimate of drug-likeness (QED) is 0.779. The smallest absolute Gasteiger partial charge is 0.253 e. The van der Waals surface area contributed by atoms with Crippen molar-refractivity contribution in [2.24, 2.45) is 0 Å². The lowest BCUT2D eigenvalue weighted by atomic mass is 10.1. The normalized spacial score (nSPS) is 14.6. The summed E-state index contributed by atoms with van der Waals surface area (Å²) in [6, 6.07) is 13.7. The number of anilines is 1. The van der Waals surface area contributed by atoms with E-state index >= 15 is 0 Å². The first kappa shape index (κ1) is 16.5. The molecule has 1 N–H and O–H groups in total. The van der Waals surface area contributed by atoms with Crippen LogP contribution in [0, 0.1) is 0 Å². The average Bonchev–Trinajstić information content (AvgIpc) is 3.16. The van der Waals surface area contributed by atoms with E-state index in [2.05, 4.69) is 44.6 Å². The van der Waals surface area contributed by atoms with Crippen molar-refractivity contribution in [3.05, 3.63) is 53.6 Å². The van der Waals surface area contributed by atoms with Crippen molar-refractivity contribution in [2.45, 2.75) is 6.54 Å². The number of morpholine rings is 1. The topological polar surface area (TPSA) is 74.3 Å². The summed E-state index contributed by atoms with van der Waals surface area (Å²) < 4.78 is 5.39. The number of hydrogen-bond acceptors (Lipinski definition) is 5. The molecular formula is C19H21N5O2. The molecule has 1 aliphatic heterocycles. The molecule has 0 unspecified atom stereocenters. The molecule has 1 amide bonds. The molecule has 0 bridgehead atoms. The van der Waals surface area contributed by atoms with Crippen LogP contribution in [0.2, 0.25) is 0 Å². The van der Waals surface area contributed by atoms with Crippen LogP contribution in [0.3, 0.4) is 0 Å². The molecule has 7 nitrogen and oxygen atoms in total. The minimum Gasteiger partial charge on any atom is -0.378 e. The number of fused-ring (bicyclic) bond motifs is 1. The number of aromatic amines is 1. The van der Waals surface area contributed by atoms with Gasteiger partial charge in [-0.2, -0.15) is 15.4 Å². The lowest BCUT2D eigenvalue weighted by molar-refractivity contribution is 0.0785. The Hall–Kier alpha value is -2.93. The Morgan fingerprint density at radius 1 is 1.12 bits per heavy atom. The van der Waals surface area contributed by atoms with E-state index < -0.39 is 0 Å². The van der Waals surface area contributed by atoms with Crippen LogP contribution in [-0.4, -0.2) is 59.6 Å². The van der Waals surface area contributed by atoms with Crippen LogP contribution in [-0.2, 0) is 11.3 Å². The van der Waals surface area contributed by atoms with E-state index in [1.54, 1.807) is 23.1 Å². The predicted molar refractivity (Wildman–Crippen MR) is 99.2 cm³/mol. The van der Waals surface area contributed by atoms with E-state index in [1.165, 1.54) is 5.69 Å². The largest absolute Gasteiger partial charge is 0.378 e. The summed E-state index contributed by atoms with van der Waals surface area (Å²) in [4.78, 5) is 16.7. The zero-order chi connectivity index (χ0) is 17.9. The molecule has 134 valence electrons. The fourth-order valence-corrected chi connectivity index (χ4v) is 3.17. The van der Waals surface area contributed by atoms with Gasteiger partial charge in [0.25, 0.3) is 5.91 Å². The monoisotopic (exact) mass is 351 g/mol. The number of hydrogen-bond donors (Lipinski definition) is 1. The van der Waals surface area contributed by atoms with Crippen molar-refractivity contribution in [1.82, 2.24) is 20.3 Å². The minimum absolute atomic E-state index is 0.0350. The number of H-pyrrole nitrogens is 1. The second kappa shape index (κ2) is 7.13. The van der Waals surface area contributed by atoms with E-state index in [1.807, 2.05) is 7.05 Å². The summed E-state index contributed by atoms with van der Waals surface area (Å²) in [7, 11) is 1.81. The van der Waals surface area contributed by atoms with Crippen molar-refractivity contribution < 1.29 is 9.53 Å². The SMILES string of the molecule is CN(Cc1ccc(N2CCOCC2)cc1)C(=O)c1ccc2n[nH]nc2c1. The number of amides is 1. The Kier molecular flexibility index (Phi) is 4.53. The van der Waals surface area contributed by atoms with Gasteiger partial charge < -0.3 is 14.5 Å². The molecule has 7 heteroatoms.